The highest BCUT2D eigenvalue weighted by molar-refractivity contribution is 7.09. The fourth-order valence-corrected chi connectivity index (χ4v) is 3.97. The van der Waals surface area contributed by atoms with Crippen molar-refractivity contribution in [3.8, 4) is 5.75 Å². The minimum Gasteiger partial charge on any atom is -0.465 e. The second kappa shape index (κ2) is 9.82. The van der Waals surface area contributed by atoms with E-state index in [1.807, 2.05) is 6.92 Å². The molecule has 0 amide bonds. The third-order valence-corrected chi connectivity index (χ3v) is 5.76. The normalized spacial score (nSPS) is 14.9. The van der Waals surface area contributed by atoms with E-state index < -0.39 is 11.9 Å². The molecule has 160 valence electrons. The summed E-state index contributed by atoms with van der Waals surface area (Å²) in [5.74, 6) is -1.78. The first-order valence-corrected chi connectivity index (χ1v) is 10.4. The van der Waals surface area contributed by atoms with Crippen LogP contribution in [0.15, 0.2) is 23.6 Å². The van der Waals surface area contributed by atoms with Gasteiger partial charge in [-0.15, -0.1) is 11.3 Å². The number of methoxy groups -OCH3 is 2. The Morgan fingerprint density at radius 3 is 2.17 bits per heavy atom. The molecule has 0 spiro atoms. The lowest BCUT2D eigenvalue weighted by Crippen LogP contribution is -2.37. The van der Waals surface area contributed by atoms with E-state index in [4.69, 9.17) is 14.2 Å². The SMILES string of the molecule is COC(=O)c1cc(OC(=O)C2CCN(Cc3csc(C)n3)CC2)cc(C(=O)OC)c1. The minimum absolute atomic E-state index is 0.108. The number of rotatable bonds is 6. The van der Waals surface area contributed by atoms with Crippen LogP contribution in [-0.4, -0.2) is 55.1 Å². The van der Waals surface area contributed by atoms with Crippen LogP contribution in [0.4, 0.5) is 0 Å². The van der Waals surface area contributed by atoms with Crippen LogP contribution >= 0.6 is 11.3 Å². The molecule has 2 aromatic rings. The molecule has 8 nitrogen and oxygen atoms in total. The van der Waals surface area contributed by atoms with E-state index in [2.05, 4.69) is 15.3 Å². The second-order valence-electron chi connectivity index (χ2n) is 7.06. The molecule has 1 aromatic carbocycles. The van der Waals surface area contributed by atoms with Crippen molar-refractivity contribution in [1.82, 2.24) is 9.88 Å². The Morgan fingerprint density at radius 2 is 1.67 bits per heavy atom. The number of piperidine rings is 1. The highest BCUT2D eigenvalue weighted by Crippen LogP contribution is 2.24. The van der Waals surface area contributed by atoms with Crippen LogP contribution in [0.3, 0.4) is 0 Å². The van der Waals surface area contributed by atoms with Crippen LogP contribution in [0.2, 0.25) is 0 Å². The molecule has 0 N–H and O–H groups in total. The van der Waals surface area contributed by atoms with Crippen LogP contribution in [0, 0.1) is 12.8 Å². The number of hydrogen-bond acceptors (Lipinski definition) is 9. The van der Waals surface area contributed by atoms with Crippen molar-refractivity contribution in [2.75, 3.05) is 27.3 Å². The molecule has 1 aliphatic heterocycles. The zero-order valence-corrected chi connectivity index (χ0v) is 18.0. The number of likely N-dealkylation sites (tertiary alicyclic amines) is 1. The maximum Gasteiger partial charge on any atom is 0.338 e. The van der Waals surface area contributed by atoms with Crippen LogP contribution in [0.25, 0.3) is 0 Å². The lowest BCUT2D eigenvalue weighted by atomic mass is 9.97. The summed E-state index contributed by atoms with van der Waals surface area (Å²) in [6, 6.07) is 4.11. The van der Waals surface area contributed by atoms with Crippen molar-refractivity contribution in [2.24, 2.45) is 5.92 Å². The predicted octanol–water partition coefficient (Wildman–Crippen LogP) is 2.84. The third-order valence-electron chi connectivity index (χ3n) is 4.94. The van der Waals surface area contributed by atoms with Gasteiger partial charge in [-0.25, -0.2) is 14.6 Å². The number of aromatic nitrogens is 1. The predicted molar refractivity (Wildman–Crippen MR) is 110 cm³/mol. The summed E-state index contributed by atoms with van der Waals surface area (Å²) in [7, 11) is 2.47. The van der Waals surface area contributed by atoms with Crippen molar-refractivity contribution < 1.29 is 28.6 Å². The zero-order chi connectivity index (χ0) is 21.7. The van der Waals surface area contributed by atoms with E-state index >= 15 is 0 Å². The lowest BCUT2D eigenvalue weighted by Gasteiger charge is -2.30. The number of aryl methyl sites for hydroxylation is 1. The van der Waals surface area contributed by atoms with Gasteiger partial charge >= 0.3 is 17.9 Å². The third kappa shape index (κ3) is 5.43. The Morgan fingerprint density at radius 1 is 1.07 bits per heavy atom. The van der Waals surface area contributed by atoms with Crippen molar-refractivity contribution in [2.45, 2.75) is 26.3 Å². The van der Waals surface area contributed by atoms with Gasteiger partial charge in [0.05, 0.1) is 42.0 Å². The largest absolute Gasteiger partial charge is 0.465 e. The molecule has 0 atom stereocenters. The molecule has 1 aromatic heterocycles. The summed E-state index contributed by atoms with van der Waals surface area (Å²) in [5.41, 5.74) is 1.27. The fourth-order valence-electron chi connectivity index (χ4n) is 3.37. The van der Waals surface area contributed by atoms with Gasteiger partial charge in [-0.1, -0.05) is 0 Å². The van der Waals surface area contributed by atoms with E-state index in [0.717, 1.165) is 30.3 Å². The van der Waals surface area contributed by atoms with E-state index in [1.165, 1.54) is 32.4 Å². The maximum atomic E-state index is 12.7. The number of hydrogen-bond donors (Lipinski definition) is 0. The van der Waals surface area contributed by atoms with Crippen molar-refractivity contribution in [3.05, 3.63) is 45.4 Å². The molecule has 1 fully saturated rings. The molecule has 0 aliphatic carbocycles. The van der Waals surface area contributed by atoms with Crippen LogP contribution in [0.5, 0.6) is 5.75 Å². The first-order valence-electron chi connectivity index (χ1n) is 9.56. The fraction of sp³-hybridized carbons (Fsp3) is 0.429. The summed E-state index contributed by atoms with van der Waals surface area (Å²) in [5, 5.41) is 3.10. The van der Waals surface area contributed by atoms with Gasteiger partial charge in [0.25, 0.3) is 0 Å². The quantitative estimate of drug-likeness (QED) is 0.508. The van der Waals surface area contributed by atoms with Crippen LogP contribution in [-0.2, 0) is 20.8 Å². The molecule has 2 heterocycles. The second-order valence-corrected chi connectivity index (χ2v) is 8.12. The Balaban J connectivity index is 1.62. The number of nitrogens with zero attached hydrogens (tertiary/aromatic N) is 2. The smallest absolute Gasteiger partial charge is 0.338 e. The van der Waals surface area contributed by atoms with E-state index in [9.17, 15) is 14.4 Å². The number of thiazole rings is 1. The number of carbonyl (C=O) groups excluding carboxylic acids is 3. The first-order chi connectivity index (χ1) is 14.4. The highest BCUT2D eigenvalue weighted by atomic mass is 32.1. The molecule has 0 saturated carbocycles. The van der Waals surface area contributed by atoms with Gasteiger partial charge in [0.1, 0.15) is 5.75 Å². The van der Waals surface area contributed by atoms with Crippen molar-refractivity contribution in [1.29, 1.82) is 0 Å². The number of carbonyl (C=O) groups is 3. The van der Waals surface area contributed by atoms with Gasteiger partial charge in [0, 0.05) is 11.9 Å². The van der Waals surface area contributed by atoms with Gasteiger partial charge in [0.15, 0.2) is 0 Å². The minimum atomic E-state index is -0.636. The Labute approximate surface area is 178 Å². The first kappa shape index (κ1) is 21.9. The average molecular weight is 432 g/mol. The van der Waals surface area contributed by atoms with Gasteiger partial charge in [0.2, 0.25) is 0 Å². The van der Waals surface area contributed by atoms with Crippen LogP contribution < -0.4 is 4.74 Å². The summed E-state index contributed by atoms with van der Waals surface area (Å²) in [4.78, 5) is 43.2. The molecule has 0 bridgehead atoms. The van der Waals surface area contributed by atoms with E-state index in [1.54, 1.807) is 11.3 Å². The molecule has 9 heteroatoms. The molecule has 1 saturated heterocycles. The van der Waals surface area contributed by atoms with Crippen molar-refractivity contribution in [3.63, 3.8) is 0 Å². The standard InChI is InChI=1S/C21H24N2O6S/c1-13-22-17(12-30-13)11-23-6-4-14(5-7-23)21(26)29-18-9-15(19(24)27-2)8-16(10-18)20(25)28-3/h8-10,12,14H,4-7,11H2,1-3H3. The number of benzene rings is 1. The van der Waals surface area contributed by atoms with Gasteiger partial charge in [-0.3, -0.25) is 9.69 Å². The highest BCUT2D eigenvalue weighted by Gasteiger charge is 2.27. The summed E-state index contributed by atoms with van der Waals surface area (Å²) in [6.45, 7) is 4.30. The summed E-state index contributed by atoms with van der Waals surface area (Å²) in [6.07, 6.45) is 1.34. The summed E-state index contributed by atoms with van der Waals surface area (Å²) >= 11 is 1.63. The molecule has 3 rings (SSSR count). The van der Waals surface area contributed by atoms with Gasteiger partial charge in [-0.05, 0) is 51.1 Å². The average Bonchev–Trinajstić information content (AvgIpc) is 3.17. The molecule has 0 unspecified atom stereocenters. The number of ether oxygens (including phenoxy) is 3. The van der Waals surface area contributed by atoms with E-state index in [-0.39, 0.29) is 28.8 Å². The Bertz CT molecular complexity index is 899. The molecule has 30 heavy (non-hydrogen) atoms. The number of esters is 3. The van der Waals surface area contributed by atoms with E-state index in [0.29, 0.717) is 12.8 Å². The Kier molecular flexibility index (Phi) is 7.17. The van der Waals surface area contributed by atoms with Gasteiger partial charge < -0.3 is 14.2 Å². The Hall–Kier alpha value is -2.78. The van der Waals surface area contributed by atoms with Gasteiger partial charge in [-0.2, -0.15) is 0 Å². The topological polar surface area (TPSA) is 95.0 Å². The monoisotopic (exact) mass is 432 g/mol. The van der Waals surface area contributed by atoms with Crippen LogP contribution in [0.1, 0.15) is 44.3 Å². The molecule has 0 radical (unpaired) electrons. The zero-order valence-electron chi connectivity index (χ0n) is 17.2. The summed E-state index contributed by atoms with van der Waals surface area (Å²) < 4.78 is 14.9. The lowest BCUT2D eigenvalue weighted by molar-refractivity contribution is -0.140. The van der Waals surface area contributed by atoms with Crippen molar-refractivity contribution >= 4 is 29.2 Å². The molecular weight excluding hydrogens is 408 g/mol. The molecular formula is C21H24N2O6S. The molecule has 1 aliphatic rings. The maximum absolute atomic E-state index is 12.7.